The van der Waals surface area contributed by atoms with Crippen LogP contribution in [0.15, 0.2) is 48.0 Å². The number of unbranched alkanes of at least 4 members (excludes halogenated alkanes) is 1. The number of Topliss-reactive ketones (excluding diaryl/α,β-unsaturated/α-hetero) is 1. The van der Waals surface area contributed by atoms with Gasteiger partial charge in [0.25, 0.3) is 11.7 Å². The summed E-state index contributed by atoms with van der Waals surface area (Å²) in [6.07, 6.45) is 1.90. The van der Waals surface area contributed by atoms with E-state index in [1.54, 1.807) is 42.5 Å². The van der Waals surface area contributed by atoms with Gasteiger partial charge >= 0.3 is 0 Å². The maximum Gasteiger partial charge on any atom is 0.295 e. The zero-order valence-electron chi connectivity index (χ0n) is 20.7. The van der Waals surface area contributed by atoms with E-state index in [-0.39, 0.29) is 24.5 Å². The fraction of sp³-hybridized carbons (Fsp3) is 0.407. The van der Waals surface area contributed by atoms with Crippen LogP contribution < -0.4 is 14.2 Å². The van der Waals surface area contributed by atoms with Gasteiger partial charge in [-0.1, -0.05) is 31.5 Å². The molecule has 1 N–H and O–H groups in total. The molecular weight excluding hydrogens is 450 g/mol. The van der Waals surface area contributed by atoms with Gasteiger partial charge in [0.05, 0.1) is 38.5 Å². The molecule has 1 heterocycles. The third-order valence-corrected chi connectivity index (χ3v) is 5.75. The molecule has 8 heteroatoms. The molecule has 1 unspecified atom stereocenters. The molecule has 1 fully saturated rings. The molecule has 0 spiro atoms. The summed E-state index contributed by atoms with van der Waals surface area (Å²) in [5.74, 6) is -0.124. The Morgan fingerprint density at radius 2 is 1.80 bits per heavy atom. The number of aliphatic hydroxyl groups is 1. The molecule has 1 amide bonds. The summed E-state index contributed by atoms with van der Waals surface area (Å²) < 4.78 is 22.0. The van der Waals surface area contributed by atoms with Gasteiger partial charge in [0.1, 0.15) is 11.5 Å². The van der Waals surface area contributed by atoms with Gasteiger partial charge in [-0.3, -0.25) is 9.59 Å². The quantitative estimate of drug-likeness (QED) is 0.208. The Kier molecular flexibility index (Phi) is 9.14. The molecule has 0 aliphatic carbocycles. The minimum Gasteiger partial charge on any atom is -0.507 e. The van der Waals surface area contributed by atoms with E-state index in [1.165, 1.54) is 19.1 Å². The highest BCUT2D eigenvalue weighted by molar-refractivity contribution is 6.46. The minimum absolute atomic E-state index is 0.00280. The molecular formula is C27H33NO7. The average molecular weight is 484 g/mol. The number of ketones is 1. The first kappa shape index (κ1) is 26.1. The second-order valence-corrected chi connectivity index (χ2v) is 8.06. The van der Waals surface area contributed by atoms with Crippen LogP contribution in [-0.4, -0.2) is 62.3 Å². The van der Waals surface area contributed by atoms with E-state index in [1.807, 2.05) is 6.92 Å². The number of carbonyl (C=O) groups is 2. The molecule has 2 aromatic rings. The molecule has 0 bridgehead atoms. The maximum atomic E-state index is 13.2. The predicted molar refractivity (Wildman–Crippen MR) is 132 cm³/mol. The van der Waals surface area contributed by atoms with E-state index in [0.717, 1.165) is 12.8 Å². The molecule has 0 saturated carbocycles. The molecule has 0 radical (unpaired) electrons. The normalized spacial score (nSPS) is 17.0. The highest BCUT2D eigenvalue weighted by atomic mass is 16.5. The number of hydrogen-bond donors (Lipinski definition) is 1. The molecule has 8 nitrogen and oxygen atoms in total. The van der Waals surface area contributed by atoms with E-state index < -0.39 is 17.7 Å². The highest BCUT2D eigenvalue weighted by Gasteiger charge is 2.46. The molecule has 0 aromatic heterocycles. The topological polar surface area (TPSA) is 94.5 Å². The van der Waals surface area contributed by atoms with Crippen LogP contribution in [0.4, 0.5) is 0 Å². The van der Waals surface area contributed by atoms with Crippen LogP contribution in [0, 0.1) is 0 Å². The number of nitrogens with zero attached hydrogens (tertiary/aromatic N) is 1. The number of rotatable bonds is 12. The van der Waals surface area contributed by atoms with E-state index in [4.69, 9.17) is 18.9 Å². The van der Waals surface area contributed by atoms with E-state index in [2.05, 4.69) is 6.92 Å². The Hall–Kier alpha value is -3.52. The van der Waals surface area contributed by atoms with Gasteiger partial charge in [0.2, 0.25) is 0 Å². The highest BCUT2D eigenvalue weighted by Crippen LogP contribution is 2.42. The van der Waals surface area contributed by atoms with Crippen molar-refractivity contribution in [2.75, 3.05) is 40.6 Å². The van der Waals surface area contributed by atoms with Crippen molar-refractivity contribution in [1.29, 1.82) is 0 Å². The number of hydrogen-bond acceptors (Lipinski definition) is 7. The number of aliphatic hydroxyl groups excluding tert-OH is 1. The third-order valence-electron chi connectivity index (χ3n) is 5.75. The van der Waals surface area contributed by atoms with Crippen molar-refractivity contribution in [3.63, 3.8) is 0 Å². The first-order chi connectivity index (χ1) is 17.0. The summed E-state index contributed by atoms with van der Waals surface area (Å²) in [5.41, 5.74) is 1.01. The lowest BCUT2D eigenvalue weighted by Gasteiger charge is -2.25. The lowest BCUT2D eigenvalue weighted by molar-refractivity contribution is -0.140. The van der Waals surface area contributed by atoms with Gasteiger partial charge in [-0.05, 0) is 43.2 Å². The van der Waals surface area contributed by atoms with Crippen molar-refractivity contribution in [2.45, 2.75) is 32.7 Å². The smallest absolute Gasteiger partial charge is 0.295 e. The van der Waals surface area contributed by atoms with Crippen molar-refractivity contribution in [2.24, 2.45) is 0 Å². The Labute approximate surface area is 206 Å². The molecule has 1 aliphatic rings. The molecule has 2 aromatic carbocycles. The molecule has 3 rings (SSSR count). The van der Waals surface area contributed by atoms with Crippen LogP contribution >= 0.6 is 0 Å². The summed E-state index contributed by atoms with van der Waals surface area (Å²) in [7, 11) is 3.04. The number of likely N-dealkylation sites (tertiary alicyclic amines) is 1. The Bertz CT molecular complexity index is 1080. The lowest BCUT2D eigenvalue weighted by Crippen LogP contribution is -2.32. The molecule has 35 heavy (non-hydrogen) atoms. The molecule has 188 valence electrons. The molecule has 1 atom stereocenters. The number of methoxy groups -OCH3 is 2. The first-order valence-electron chi connectivity index (χ1n) is 11.8. The van der Waals surface area contributed by atoms with Crippen LogP contribution in [0.5, 0.6) is 17.2 Å². The number of amides is 1. The van der Waals surface area contributed by atoms with Crippen LogP contribution in [0.3, 0.4) is 0 Å². The molecule has 1 saturated heterocycles. The fourth-order valence-corrected chi connectivity index (χ4v) is 4.00. The molecule has 1 aliphatic heterocycles. The van der Waals surface area contributed by atoms with Crippen LogP contribution in [-0.2, 0) is 14.3 Å². The zero-order chi connectivity index (χ0) is 25.4. The summed E-state index contributed by atoms with van der Waals surface area (Å²) >= 11 is 0. The third kappa shape index (κ3) is 5.77. The minimum atomic E-state index is -0.820. The van der Waals surface area contributed by atoms with Gasteiger partial charge in [-0.15, -0.1) is 0 Å². The SMILES string of the molecule is CCCCOc1cccc(/C(O)=C2\C(=O)C(=O)N(CCOC)C2c2ccc(OCC)c(OC)c2)c1. The van der Waals surface area contributed by atoms with Crippen LogP contribution in [0.2, 0.25) is 0 Å². The number of carbonyl (C=O) groups excluding carboxylic acids is 2. The Balaban J connectivity index is 2.10. The van der Waals surface area contributed by atoms with Gasteiger partial charge in [-0.2, -0.15) is 0 Å². The summed E-state index contributed by atoms with van der Waals surface area (Å²) in [6.45, 7) is 5.36. The lowest BCUT2D eigenvalue weighted by atomic mass is 9.95. The van der Waals surface area contributed by atoms with E-state index in [9.17, 15) is 14.7 Å². The van der Waals surface area contributed by atoms with Crippen molar-refractivity contribution >= 4 is 17.4 Å². The standard InChI is InChI=1S/C27H33NO7/c1-5-7-14-35-20-10-8-9-19(16-20)25(29)23-24(28(13-15-32-3)27(31)26(23)30)18-11-12-21(34-6-2)22(17-18)33-4/h8-12,16-17,24,29H,5-7,13-15H2,1-4H3/b25-23+. The van der Waals surface area contributed by atoms with Gasteiger partial charge < -0.3 is 29.0 Å². The van der Waals surface area contributed by atoms with Gasteiger partial charge in [0.15, 0.2) is 11.5 Å². The van der Waals surface area contributed by atoms with Gasteiger partial charge in [0, 0.05) is 19.2 Å². The summed E-state index contributed by atoms with van der Waals surface area (Å²) in [5, 5.41) is 11.3. The van der Waals surface area contributed by atoms with Crippen molar-refractivity contribution in [3.8, 4) is 17.2 Å². The first-order valence-corrected chi connectivity index (χ1v) is 11.8. The van der Waals surface area contributed by atoms with Crippen LogP contribution in [0.1, 0.15) is 43.9 Å². The average Bonchev–Trinajstić information content (AvgIpc) is 3.12. The fourth-order valence-electron chi connectivity index (χ4n) is 4.00. The zero-order valence-corrected chi connectivity index (χ0v) is 20.7. The predicted octanol–water partition coefficient (Wildman–Crippen LogP) is 4.34. The Morgan fingerprint density at radius 3 is 2.49 bits per heavy atom. The summed E-state index contributed by atoms with van der Waals surface area (Å²) in [4.78, 5) is 27.6. The maximum absolute atomic E-state index is 13.2. The van der Waals surface area contributed by atoms with E-state index >= 15 is 0 Å². The monoisotopic (exact) mass is 483 g/mol. The second kappa shape index (κ2) is 12.3. The van der Waals surface area contributed by atoms with Crippen molar-refractivity contribution < 1.29 is 33.6 Å². The van der Waals surface area contributed by atoms with Crippen molar-refractivity contribution in [3.05, 3.63) is 59.2 Å². The number of benzene rings is 2. The Morgan fingerprint density at radius 1 is 1.00 bits per heavy atom. The largest absolute Gasteiger partial charge is 0.507 e. The van der Waals surface area contributed by atoms with Crippen molar-refractivity contribution in [1.82, 2.24) is 4.90 Å². The second-order valence-electron chi connectivity index (χ2n) is 8.06. The van der Waals surface area contributed by atoms with E-state index in [0.29, 0.717) is 41.6 Å². The van der Waals surface area contributed by atoms with Gasteiger partial charge in [-0.25, -0.2) is 0 Å². The number of ether oxygens (including phenoxy) is 4. The summed E-state index contributed by atoms with van der Waals surface area (Å²) in [6, 6.07) is 11.3. The van der Waals surface area contributed by atoms with Crippen LogP contribution in [0.25, 0.3) is 5.76 Å².